The van der Waals surface area contributed by atoms with Crippen LogP contribution in [-0.4, -0.2) is 25.7 Å². The number of rotatable bonds is 4. The van der Waals surface area contributed by atoms with Crippen molar-refractivity contribution in [1.29, 1.82) is 0 Å². The predicted molar refractivity (Wildman–Crippen MR) is 80.9 cm³/mol. The molecule has 4 nitrogen and oxygen atoms in total. The molecule has 0 saturated heterocycles. The van der Waals surface area contributed by atoms with Crippen LogP contribution < -0.4 is 14.8 Å². The van der Waals surface area contributed by atoms with Gasteiger partial charge in [0.1, 0.15) is 0 Å². The average Bonchev–Trinajstić information content (AvgIpc) is 3.25. The van der Waals surface area contributed by atoms with Gasteiger partial charge in [0.15, 0.2) is 11.5 Å². The van der Waals surface area contributed by atoms with Gasteiger partial charge in [0.25, 0.3) is 5.91 Å². The van der Waals surface area contributed by atoms with Crippen molar-refractivity contribution in [1.82, 2.24) is 5.32 Å². The molecule has 1 amide bonds. The van der Waals surface area contributed by atoms with Crippen LogP contribution in [0.25, 0.3) is 0 Å². The molecule has 1 aromatic rings. The van der Waals surface area contributed by atoms with Gasteiger partial charge in [-0.25, -0.2) is 0 Å². The number of benzene rings is 1. The Morgan fingerprint density at radius 3 is 2.62 bits per heavy atom. The summed E-state index contributed by atoms with van der Waals surface area (Å²) in [6.07, 6.45) is 3.33. The molecule has 1 aromatic carbocycles. The van der Waals surface area contributed by atoms with E-state index in [1.165, 1.54) is 12.8 Å². The third-order valence-corrected chi connectivity index (χ3v) is 4.24. The summed E-state index contributed by atoms with van der Waals surface area (Å²) in [5.41, 5.74) is 0.853. The summed E-state index contributed by atoms with van der Waals surface area (Å²) in [5.74, 6) is 1.98. The highest BCUT2D eigenvalue weighted by molar-refractivity contribution is 5.94. The molecular weight excluding hydrogens is 266 g/mol. The van der Waals surface area contributed by atoms with Crippen LogP contribution in [0.2, 0.25) is 0 Å². The first-order chi connectivity index (χ1) is 10.1. The first-order valence-electron chi connectivity index (χ1n) is 7.76. The maximum absolute atomic E-state index is 12.1. The summed E-state index contributed by atoms with van der Waals surface area (Å²) < 4.78 is 11.7. The van der Waals surface area contributed by atoms with Gasteiger partial charge < -0.3 is 14.8 Å². The van der Waals surface area contributed by atoms with Crippen molar-refractivity contribution in [2.45, 2.75) is 33.1 Å². The Morgan fingerprint density at radius 1 is 1.24 bits per heavy atom. The van der Waals surface area contributed by atoms with Crippen molar-refractivity contribution < 1.29 is 14.3 Å². The topological polar surface area (TPSA) is 47.6 Å². The SMILES string of the molecule is CC(C)CCNC(=O)c1ccc2c(c1)OCC1(CC1)CO2. The Morgan fingerprint density at radius 2 is 1.95 bits per heavy atom. The van der Waals surface area contributed by atoms with Crippen LogP contribution in [0.5, 0.6) is 11.5 Å². The number of carbonyl (C=O) groups is 1. The second kappa shape index (κ2) is 5.58. The predicted octanol–water partition coefficient (Wildman–Crippen LogP) is 3.01. The molecule has 0 unspecified atom stereocenters. The van der Waals surface area contributed by atoms with Gasteiger partial charge in [-0.15, -0.1) is 0 Å². The van der Waals surface area contributed by atoms with Gasteiger partial charge in [-0.2, -0.15) is 0 Å². The highest BCUT2D eigenvalue weighted by Crippen LogP contribution is 2.49. The van der Waals surface area contributed by atoms with Gasteiger partial charge in [-0.3, -0.25) is 4.79 Å². The molecule has 1 fully saturated rings. The first-order valence-corrected chi connectivity index (χ1v) is 7.76. The van der Waals surface area contributed by atoms with Crippen molar-refractivity contribution >= 4 is 5.91 Å². The van der Waals surface area contributed by atoms with Crippen LogP contribution >= 0.6 is 0 Å². The van der Waals surface area contributed by atoms with Crippen molar-refractivity contribution in [3.05, 3.63) is 23.8 Å². The summed E-state index contributed by atoms with van der Waals surface area (Å²) >= 11 is 0. The Kier molecular flexibility index (Phi) is 3.79. The lowest BCUT2D eigenvalue weighted by Crippen LogP contribution is -2.25. The summed E-state index contributed by atoms with van der Waals surface area (Å²) in [5, 5.41) is 2.95. The third kappa shape index (κ3) is 3.31. The lowest BCUT2D eigenvalue weighted by Gasteiger charge is -2.10. The summed E-state index contributed by atoms with van der Waals surface area (Å²) in [4.78, 5) is 12.1. The number of hydrogen-bond acceptors (Lipinski definition) is 3. The minimum atomic E-state index is -0.0487. The van der Waals surface area contributed by atoms with Gasteiger partial charge >= 0.3 is 0 Å². The molecule has 21 heavy (non-hydrogen) atoms. The van der Waals surface area contributed by atoms with E-state index in [9.17, 15) is 4.79 Å². The molecule has 0 bridgehead atoms. The highest BCUT2D eigenvalue weighted by atomic mass is 16.5. The zero-order valence-corrected chi connectivity index (χ0v) is 12.8. The van der Waals surface area contributed by atoms with Crippen LogP contribution in [0, 0.1) is 11.3 Å². The fourth-order valence-electron chi connectivity index (χ4n) is 2.43. The van der Waals surface area contributed by atoms with E-state index in [4.69, 9.17) is 9.47 Å². The molecule has 0 radical (unpaired) electrons. The second-order valence-electron chi connectivity index (χ2n) is 6.68. The van der Waals surface area contributed by atoms with E-state index in [1.54, 1.807) is 12.1 Å². The monoisotopic (exact) mass is 289 g/mol. The smallest absolute Gasteiger partial charge is 0.251 e. The number of fused-ring (bicyclic) bond motifs is 1. The maximum atomic E-state index is 12.1. The lowest BCUT2D eigenvalue weighted by molar-refractivity contribution is 0.0951. The van der Waals surface area contributed by atoms with E-state index < -0.39 is 0 Å². The van der Waals surface area contributed by atoms with E-state index in [0.29, 0.717) is 30.4 Å². The van der Waals surface area contributed by atoms with Crippen molar-refractivity contribution in [3.8, 4) is 11.5 Å². The molecule has 1 heterocycles. The first kappa shape index (κ1) is 14.2. The van der Waals surface area contributed by atoms with Gasteiger partial charge in [0.2, 0.25) is 0 Å². The van der Waals surface area contributed by atoms with Crippen LogP contribution in [0.4, 0.5) is 0 Å². The number of nitrogens with one attached hydrogen (secondary N) is 1. The van der Waals surface area contributed by atoms with E-state index in [-0.39, 0.29) is 11.3 Å². The molecule has 0 atom stereocenters. The molecule has 1 N–H and O–H groups in total. The van der Waals surface area contributed by atoms with Gasteiger partial charge in [-0.1, -0.05) is 13.8 Å². The standard InChI is InChI=1S/C17H23NO3/c1-12(2)5-8-18-16(19)13-3-4-14-15(9-13)21-11-17(6-7-17)10-20-14/h3-4,9,12H,5-8,10-11H2,1-2H3,(H,18,19). The minimum Gasteiger partial charge on any atom is -0.489 e. The molecule has 4 heteroatoms. The zero-order chi connectivity index (χ0) is 14.9. The number of hydrogen-bond donors (Lipinski definition) is 1. The number of amides is 1. The van der Waals surface area contributed by atoms with E-state index in [2.05, 4.69) is 19.2 Å². The molecule has 2 aliphatic rings. The van der Waals surface area contributed by atoms with Gasteiger partial charge in [-0.05, 0) is 43.4 Å². The number of carbonyl (C=O) groups excluding carboxylic acids is 1. The summed E-state index contributed by atoms with van der Waals surface area (Å²) in [6, 6.07) is 5.44. The molecule has 1 saturated carbocycles. The molecular formula is C17H23NO3. The fourth-order valence-corrected chi connectivity index (χ4v) is 2.43. The van der Waals surface area contributed by atoms with Crippen LogP contribution in [0.3, 0.4) is 0 Å². The van der Waals surface area contributed by atoms with E-state index in [1.807, 2.05) is 6.07 Å². The van der Waals surface area contributed by atoms with Crippen LogP contribution in [-0.2, 0) is 0 Å². The zero-order valence-electron chi connectivity index (χ0n) is 12.8. The number of ether oxygens (including phenoxy) is 2. The minimum absolute atomic E-state index is 0.0487. The van der Waals surface area contributed by atoms with Gasteiger partial charge in [0.05, 0.1) is 13.2 Å². The van der Waals surface area contributed by atoms with E-state index in [0.717, 1.165) is 18.8 Å². The Hall–Kier alpha value is -1.71. The lowest BCUT2D eigenvalue weighted by atomic mass is 10.1. The molecule has 3 rings (SSSR count). The van der Waals surface area contributed by atoms with Crippen molar-refractivity contribution in [2.24, 2.45) is 11.3 Å². The average molecular weight is 289 g/mol. The molecule has 1 spiro atoms. The van der Waals surface area contributed by atoms with E-state index >= 15 is 0 Å². The normalized spacial score (nSPS) is 18.4. The Balaban J connectivity index is 1.65. The quantitative estimate of drug-likeness (QED) is 0.927. The Bertz CT molecular complexity index is 535. The second-order valence-corrected chi connectivity index (χ2v) is 6.68. The van der Waals surface area contributed by atoms with Crippen LogP contribution in [0.15, 0.2) is 18.2 Å². The summed E-state index contributed by atoms with van der Waals surface area (Å²) in [7, 11) is 0. The largest absolute Gasteiger partial charge is 0.489 e. The van der Waals surface area contributed by atoms with Crippen molar-refractivity contribution in [3.63, 3.8) is 0 Å². The van der Waals surface area contributed by atoms with Crippen LogP contribution in [0.1, 0.15) is 43.5 Å². The third-order valence-electron chi connectivity index (χ3n) is 4.24. The fraction of sp³-hybridized carbons (Fsp3) is 0.588. The van der Waals surface area contributed by atoms with Crippen molar-refractivity contribution in [2.75, 3.05) is 19.8 Å². The summed E-state index contributed by atoms with van der Waals surface area (Å²) in [6.45, 7) is 6.41. The molecule has 1 aliphatic heterocycles. The molecule has 1 aliphatic carbocycles. The Labute approximate surface area is 125 Å². The van der Waals surface area contributed by atoms with Gasteiger partial charge in [0, 0.05) is 17.5 Å². The molecule has 0 aromatic heterocycles. The maximum Gasteiger partial charge on any atom is 0.251 e. The molecule has 114 valence electrons. The highest BCUT2D eigenvalue weighted by Gasteiger charge is 2.46.